The van der Waals surface area contributed by atoms with Crippen molar-refractivity contribution in [1.29, 1.82) is 0 Å². The summed E-state index contributed by atoms with van der Waals surface area (Å²) in [6.07, 6.45) is 14.3. The molecule has 0 unspecified atom stereocenters. The number of ketones is 1. The molecule has 0 aliphatic heterocycles. The molecular formula is C25H38O3. The number of allylic oxidation sites excluding steroid dienone is 2. The highest BCUT2D eigenvalue weighted by Crippen LogP contribution is 2.67. The monoisotopic (exact) mass is 386 g/mol. The van der Waals surface area contributed by atoms with Crippen molar-refractivity contribution in [2.24, 2.45) is 46.3 Å². The first-order valence-electron chi connectivity index (χ1n) is 11.6. The van der Waals surface area contributed by atoms with E-state index >= 15 is 0 Å². The number of rotatable bonds is 4. The Labute approximate surface area is 170 Å². The van der Waals surface area contributed by atoms with E-state index in [2.05, 4.69) is 26.8 Å². The van der Waals surface area contributed by atoms with Crippen LogP contribution >= 0.6 is 0 Å². The van der Waals surface area contributed by atoms with E-state index in [1.54, 1.807) is 7.11 Å². The standard InChI is InChI=1S/C25H38O3/c1-5-6-19(23(27)28-4)21-10-9-20-18-8-7-16-15-17(26)11-13-24(16,2)22(18)12-14-25(20,21)3/h11,13,16,18-22H,5-10,12,14-15H2,1-4H3/t16-,18-,19+,20-,21+,22-,24-,25-/m0/s1. The van der Waals surface area contributed by atoms with Crippen LogP contribution in [0.3, 0.4) is 0 Å². The molecule has 0 amide bonds. The summed E-state index contributed by atoms with van der Waals surface area (Å²) in [5, 5.41) is 0. The zero-order valence-corrected chi connectivity index (χ0v) is 18.2. The van der Waals surface area contributed by atoms with Gasteiger partial charge in [-0.2, -0.15) is 0 Å². The van der Waals surface area contributed by atoms with Gasteiger partial charge in [0.15, 0.2) is 5.78 Å². The summed E-state index contributed by atoms with van der Waals surface area (Å²) < 4.78 is 5.23. The minimum atomic E-state index is 0.0141. The average Bonchev–Trinajstić information content (AvgIpc) is 3.03. The van der Waals surface area contributed by atoms with Gasteiger partial charge in [-0.25, -0.2) is 0 Å². The Bertz CT molecular complexity index is 667. The Balaban J connectivity index is 1.61. The minimum Gasteiger partial charge on any atom is -0.469 e. The molecule has 0 spiro atoms. The van der Waals surface area contributed by atoms with Crippen LogP contribution in [0.15, 0.2) is 12.2 Å². The maximum absolute atomic E-state index is 12.6. The lowest BCUT2D eigenvalue weighted by Gasteiger charge is -2.59. The molecule has 0 bridgehead atoms. The van der Waals surface area contributed by atoms with Crippen LogP contribution in [-0.4, -0.2) is 18.9 Å². The molecule has 0 N–H and O–H groups in total. The molecule has 3 fully saturated rings. The van der Waals surface area contributed by atoms with Gasteiger partial charge in [0.1, 0.15) is 0 Å². The van der Waals surface area contributed by atoms with E-state index in [0.29, 0.717) is 23.5 Å². The number of carbonyl (C=O) groups excluding carboxylic acids is 2. The number of esters is 1. The van der Waals surface area contributed by atoms with Crippen molar-refractivity contribution in [3.05, 3.63) is 12.2 Å². The van der Waals surface area contributed by atoms with Gasteiger partial charge < -0.3 is 4.74 Å². The summed E-state index contributed by atoms with van der Waals surface area (Å²) in [6.45, 7) is 7.10. The molecule has 3 heteroatoms. The molecule has 4 rings (SSSR count). The average molecular weight is 387 g/mol. The summed E-state index contributed by atoms with van der Waals surface area (Å²) in [7, 11) is 1.55. The highest BCUT2D eigenvalue weighted by Gasteiger charge is 2.60. The van der Waals surface area contributed by atoms with Crippen molar-refractivity contribution >= 4 is 11.8 Å². The van der Waals surface area contributed by atoms with Gasteiger partial charge in [0, 0.05) is 6.42 Å². The van der Waals surface area contributed by atoms with E-state index in [0.717, 1.165) is 31.1 Å². The van der Waals surface area contributed by atoms with Crippen molar-refractivity contribution < 1.29 is 14.3 Å². The van der Waals surface area contributed by atoms with Crippen LogP contribution in [0.2, 0.25) is 0 Å². The van der Waals surface area contributed by atoms with Crippen LogP contribution < -0.4 is 0 Å². The minimum absolute atomic E-state index is 0.0141. The maximum Gasteiger partial charge on any atom is 0.308 e. The summed E-state index contributed by atoms with van der Waals surface area (Å²) in [6, 6.07) is 0. The highest BCUT2D eigenvalue weighted by atomic mass is 16.5. The summed E-state index contributed by atoms with van der Waals surface area (Å²) >= 11 is 0. The van der Waals surface area contributed by atoms with Gasteiger partial charge in [-0.3, -0.25) is 9.59 Å². The number of carbonyl (C=O) groups is 2. The van der Waals surface area contributed by atoms with Gasteiger partial charge in [-0.1, -0.05) is 33.3 Å². The zero-order chi connectivity index (χ0) is 20.1. The molecule has 8 atom stereocenters. The molecule has 0 radical (unpaired) electrons. The van der Waals surface area contributed by atoms with Crippen LogP contribution in [-0.2, 0) is 14.3 Å². The second-order valence-corrected chi connectivity index (χ2v) is 10.7. The van der Waals surface area contributed by atoms with E-state index in [-0.39, 0.29) is 22.7 Å². The fraction of sp³-hybridized carbons (Fsp3) is 0.840. The number of fused-ring (bicyclic) bond motifs is 5. The van der Waals surface area contributed by atoms with E-state index in [1.165, 1.54) is 38.5 Å². The first kappa shape index (κ1) is 20.2. The number of hydrogen-bond donors (Lipinski definition) is 0. The lowest BCUT2D eigenvalue weighted by molar-refractivity contribution is -0.152. The third-order valence-electron chi connectivity index (χ3n) is 9.70. The predicted octanol–water partition coefficient (Wildman–Crippen LogP) is 5.58. The second-order valence-electron chi connectivity index (χ2n) is 10.7. The van der Waals surface area contributed by atoms with E-state index in [9.17, 15) is 9.59 Å². The molecule has 4 aliphatic carbocycles. The SMILES string of the molecule is CCC[C@@H](C(=O)OC)[C@H]1CC[C@H]2[C@@H]3CC[C@H]4CC(=O)C=C[C@]4(C)[C@H]3CC[C@]12C. The Hall–Kier alpha value is -1.12. The van der Waals surface area contributed by atoms with Gasteiger partial charge in [0.2, 0.25) is 0 Å². The largest absolute Gasteiger partial charge is 0.469 e. The molecular weight excluding hydrogens is 348 g/mol. The normalized spacial score (nSPS) is 45.7. The van der Waals surface area contributed by atoms with Gasteiger partial charge in [0.05, 0.1) is 13.0 Å². The molecule has 3 saturated carbocycles. The molecule has 4 aliphatic rings. The Morgan fingerprint density at radius 1 is 1.18 bits per heavy atom. The Morgan fingerprint density at radius 2 is 1.96 bits per heavy atom. The summed E-state index contributed by atoms with van der Waals surface area (Å²) in [4.78, 5) is 24.6. The van der Waals surface area contributed by atoms with Crippen molar-refractivity contribution in [1.82, 2.24) is 0 Å². The first-order valence-corrected chi connectivity index (χ1v) is 11.6. The number of ether oxygens (including phenoxy) is 1. The van der Waals surface area contributed by atoms with Gasteiger partial charge >= 0.3 is 5.97 Å². The van der Waals surface area contributed by atoms with Crippen molar-refractivity contribution in [2.45, 2.75) is 78.6 Å². The predicted molar refractivity (Wildman–Crippen MR) is 111 cm³/mol. The molecule has 0 aromatic rings. The summed E-state index contributed by atoms with van der Waals surface area (Å²) in [5.41, 5.74) is 0.466. The van der Waals surface area contributed by atoms with E-state index in [4.69, 9.17) is 4.74 Å². The van der Waals surface area contributed by atoms with Crippen LogP contribution in [0.1, 0.15) is 78.6 Å². The van der Waals surface area contributed by atoms with Gasteiger partial charge in [-0.05, 0) is 91.4 Å². The number of methoxy groups -OCH3 is 1. The third-order valence-corrected chi connectivity index (χ3v) is 9.70. The quantitative estimate of drug-likeness (QED) is 0.592. The van der Waals surface area contributed by atoms with Crippen LogP contribution in [0.4, 0.5) is 0 Å². The van der Waals surface area contributed by atoms with E-state index in [1.807, 2.05) is 6.08 Å². The lowest BCUT2D eigenvalue weighted by atomic mass is 9.45. The van der Waals surface area contributed by atoms with Crippen molar-refractivity contribution in [2.75, 3.05) is 7.11 Å². The molecule has 0 saturated heterocycles. The molecule has 0 aromatic carbocycles. The molecule has 0 heterocycles. The zero-order valence-electron chi connectivity index (χ0n) is 18.2. The Kier molecular flexibility index (Phi) is 5.25. The number of hydrogen-bond acceptors (Lipinski definition) is 3. The molecule has 0 aromatic heterocycles. The first-order chi connectivity index (χ1) is 13.3. The van der Waals surface area contributed by atoms with Crippen LogP contribution in [0.25, 0.3) is 0 Å². The topological polar surface area (TPSA) is 43.4 Å². The second kappa shape index (κ2) is 7.29. The van der Waals surface area contributed by atoms with Crippen LogP contribution in [0.5, 0.6) is 0 Å². The summed E-state index contributed by atoms with van der Waals surface area (Å²) in [5.74, 6) is 3.60. The fourth-order valence-corrected chi connectivity index (χ4v) is 8.28. The van der Waals surface area contributed by atoms with E-state index < -0.39 is 0 Å². The molecule has 156 valence electrons. The lowest BCUT2D eigenvalue weighted by Crippen LogP contribution is -2.53. The maximum atomic E-state index is 12.6. The van der Waals surface area contributed by atoms with Crippen LogP contribution in [0, 0.1) is 46.3 Å². The fourth-order valence-electron chi connectivity index (χ4n) is 8.28. The molecule has 3 nitrogen and oxygen atoms in total. The Morgan fingerprint density at radius 3 is 2.68 bits per heavy atom. The van der Waals surface area contributed by atoms with Crippen molar-refractivity contribution in [3.8, 4) is 0 Å². The highest BCUT2D eigenvalue weighted by molar-refractivity contribution is 5.91. The van der Waals surface area contributed by atoms with Gasteiger partial charge in [0.25, 0.3) is 0 Å². The van der Waals surface area contributed by atoms with Crippen molar-refractivity contribution in [3.63, 3.8) is 0 Å². The molecule has 28 heavy (non-hydrogen) atoms. The third kappa shape index (κ3) is 2.91. The van der Waals surface area contributed by atoms with Gasteiger partial charge in [-0.15, -0.1) is 0 Å². The smallest absolute Gasteiger partial charge is 0.308 e.